The third-order valence-electron chi connectivity index (χ3n) is 2.90. The Hall–Kier alpha value is -0.770. The van der Waals surface area contributed by atoms with Crippen LogP contribution in [0.25, 0.3) is 0 Å². The number of carbonyl (C=O) groups is 1. The quantitative estimate of drug-likeness (QED) is 0.835. The third-order valence-corrected chi connectivity index (χ3v) is 3.27. The summed E-state index contributed by atoms with van der Waals surface area (Å²) < 4.78 is 0. The van der Waals surface area contributed by atoms with Crippen LogP contribution in [0.4, 0.5) is 0 Å². The van der Waals surface area contributed by atoms with Gasteiger partial charge in [0.15, 0.2) is 4.84 Å². The monoisotopic (exact) mass is 272 g/mol. The van der Waals surface area contributed by atoms with E-state index in [1.54, 1.807) is 4.90 Å². The molecule has 2 rings (SSSR count). The van der Waals surface area contributed by atoms with Gasteiger partial charge < -0.3 is 10.2 Å². The van der Waals surface area contributed by atoms with Crippen molar-refractivity contribution < 1.29 is 4.79 Å². The van der Waals surface area contributed by atoms with E-state index in [1.165, 1.54) is 0 Å². The average molecular weight is 273 g/mol. The van der Waals surface area contributed by atoms with E-state index in [-0.39, 0.29) is 11.9 Å². The SMILES string of the molecule is O=C(C(Cl)Cl)N1CCNCC1c1ccccc1. The summed E-state index contributed by atoms with van der Waals surface area (Å²) in [6.07, 6.45) is 0. The van der Waals surface area contributed by atoms with Crippen LogP contribution in [-0.4, -0.2) is 35.3 Å². The molecule has 0 spiro atoms. The first kappa shape index (κ1) is 12.7. The van der Waals surface area contributed by atoms with Crippen molar-refractivity contribution in [3.63, 3.8) is 0 Å². The van der Waals surface area contributed by atoms with Crippen molar-refractivity contribution >= 4 is 29.1 Å². The van der Waals surface area contributed by atoms with E-state index in [0.29, 0.717) is 6.54 Å². The Bertz CT molecular complexity index is 383. The number of amides is 1. The van der Waals surface area contributed by atoms with E-state index >= 15 is 0 Å². The Morgan fingerprint density at radius 2 is 2.06 bits per heavy atom. The summed E-state index contributed by atoms with van der Waals surface area (Å²) >= 11 is 11.3. The van der Waals surface area contributed by atoms with Crippen LogP contribution in [0.15, 0.2) is 30.3 Å². The Labute approximate surface area is 111 Å². The molecule has 1 amide bonds. The highest BCUT2D eigenvalue weighted by molar-refractivity contribution is 6.53. The van der Waals surface area contributed by atoms with Crippen LogP contribution in [0, 0.1) is 0 Å². The lowest BCUT2D eigenvalue weighted by atomic mass is 10.0. The largest absolute Gasteiger partial charge is 0.331 e. The minimum Gasteiger partial charge on any atom is -0.331 e. The first-order chi connectivity index (χ1) is 8.20. The molecule has 1 N–H and O–H groups in total. The molecule has 3 nitrogen and oxygen atoms in total. The van der Waals surface area contributed by atoms with Gasteiger partial charge in [-0.05, 0) is 5.56 Å². The van der Waals surface area contributed by atoms with Gasteiger partial charge in [-0.2, -0.15) is 0 Å². The van der Waals surface area contributed by atoms with Gasteiger partial charge in [0.05, 0.1) is 6.04 Å². The van der Waals surface area contributed by atoms with E-state index in [0.717, 1.165) is 18.7 Å². The lowest BCUT2D eigenvalue weighted by molar-refractivity contribution is -0.132. The Morgan fingerprint density at radius 1 is 1.35 bits per heavy atom. The highest BCUT2D eigenvalue weighted by Gasteiger charge is 2.30. The standard InChI is InChI=1S/C12H14Cl2N2O/c13-11(14)12(17)16-7-6-15-8-10(16)9-4-2-1-3-5-9/h1-5,10-11,15H,6-8H2. The number of halogens is 2. The van der Waals surface area contributed by atoms with Crippen molar-refractivity contribution in [3.8, 4) is 0 Å². The molecular formula is C12H14Cl2N2O. The number of nitrogens with zero attached hydrogens (tertiary/aromatic N) is 1. The van der Waals surface area contributed by atoms with Gasteiger partial charge in [-0.3, -0.25) is 4.79 Å². The van der Waals surface area contributed by atoms with Crippen molar-refractivity contribution in [2.24, 2.45) is 0 Å². The fourth-order valence-corrected chi connectivity index (χ4v) is 2.32. The maximum absolute atomic E-state index is 11.9. The number of piperazine rings is 1. The van der Waals surface area contributed by atoms with Gasteiger partial charge in [0, 0.05) is 19.6 Å². The summed E-state index contributed by atoms with van der Waals surface area (Å²) in [6.45, 7) is 2.14. The normalized spacial score (nSPS) is 20.6. The predicted molar refractivity (Wildman–Crippen MR) is 69.3 cm³/mol. The summed E-state index contributed by atoms with van der Waals surface area (Å²) in [7, 11) is 0. The smallest absolute Gasteiger partial charge is 0.256 e. The van der Waals surface area contributed by atoms with Crippen molar-refractivity contribution in [3.05, 3.63) is 35.9 Å². The summed E-state index contributed by atoms with van der Waals surface area (Å²) in [4.78, 5) is 12.7. The number of rotatable bonds is 2. The number of nitrogens with one attached hydrogen (secondary N) is 1. The lowest BCUT2D eigenvalue weighted by Gasteiger charge is -2.36. The molecule has 1 fully saturated rings. The molecule has 1 aromatic carbocycles. The topological polar surface area (TPSA) is 32.3 Å². The average Bonchev–Trinajstić information content (AvgIpc) is 2.39. The van der Waals surface area contributed by atoms with E-state index in [4.69, 9.17) is 23.2 Å². The zero-order valence-corrected chi connectivity index (χ0v) is 10.8. The summed E-state index contributed by atoms with van der Waals surface area (Å²) in [5.74, 6) is -0.219. The van der Waals surface area contributed by atoms with Crippen molar-refractivity contribution in [1.29, 1.82) is 0 Å². The fraction of sp³-hybridized carbons (Fsp3) is 0.417. The zero-order valence-electron chi connectivity index (χ0n) is 9.27. The van der Waals surface area contributed by atoms with Gasteiger partial charge in [-0.1, -0.05) is 53.5 Å². The molecule has 17 heavy (non-hydrogen) atoms. The first-order valence-corrected chi connectivity index (χ1v) is 6.41. The van der Waals surface area contributed by atoms with Gasteiger partial charge >= 0.3 is 0 Å². The lowest BCUT2D eigenvalue weighted by Crippen LogP contribution is -2.50. The highest BCUT2D eigenvalue weighted by atomic mass is 35.5. The second-order valence-electron chi connectivity index (χ2n) is 3.96. The third kappa shape index (κ3) is 2.92. The second kappa shape index (κ2) is 5.71. The van der Waals surface area contributed by atoms with Crippen LogP contribution >= 0.6 is 23.2 Å². The number of alkyl halides is 2. The number of benzene rings is 1. The molecule has 1 heterocycles. The van der Waals surface area contributed by atoms with E-state index in [9.17, 15) is 4.79 Å². The maximum Gasteiger partial charge on any atom is 0.256 e. The molecule has 5 heteroatoms. The maximum atomic E-state index is 11.9. The molecule has 0 aliphatic carbocycles. The number of hydrogen-bond donors (Lipinski definition) is 1. The van der Waals surface area contributed by atoms with Gasteiger partial charge in [-0.25, -0.2) is 0 Å². The van der Waals surface area contributed by atoms with Crippen LogP contribution in [0.3, 0.4) is 0 Å². The Balaban J connectivity index is 2.21. The molecule has 1 aliphatic rings. The second-order valence-corrected chi connectivity index (χ2v) is 5.06. The Morgan fingerprint density at radius 3 is 2.71 bits per heavy atom. The van der Waals surface area contributed by atoms with Gasteiger partial charge in [0.25, 0.3) is 5.91 Å². The molecule has 0 aromatic heterocycles. The minimum atomic E-state index is -0.987. The number of hydrogen-bond acceptors (Lipinski definition) is 2. The molecule has 0 saturated carbocycles. The van der Waals surface area contributed by atoms with Crippen LogP contribution in [0.1, 0.15) is 11.6 Å². The first-order valence-electron chi connectivity index (χ1n) is 5.54. The zero-order chi connectivity index (χ0) is 12.3. The minimum absolute atomic E-state index is 0.0115. The molecule has 1 unspecified atom stereocenters. The fourth-order valence-electron chi connectivity index (χ4n) is 2.07. The van der Waals surface area contributed by atoms with E-state index in [2.05, 4.69) is 5.32 Å². The van der Waals surface area contributed by atoms with Gasteiger partial charge in [0.1, 0.15) is 0 Å². The van der Waals surface area contributed by atoms with Crippen molar-refractivity contribution in [2.75, 3.05) is 19.6 Å². The van der Waals surface area contributed by atoms with Crippen LogP contribution in [-0.2, 0) is 4.79 Å². The molecule has 0 bridgehead atoms. The van der Waals surface area contributed by atoms with Crippen LogP contribution in [0.2, 0.25) is 0 Å². The van der Waals surface area contributed by atoms with Crippen molar-refractivity contribution in [2.45, 2.75) is 10.9 Å². The molecular weight excluding hydrogens is 259 g/mol. The molecule has 1 aromatic rings. The van der Waals surface area contributed by atoms with E-state index < -0.39 is 4.84 Å². The molecule has 1 saturated heterocycles. The Kier molecular flexibility index (Phi) is 4.26. The van der Waals surface area contributed by atoms with Gasteiger partial charge in [-0.15, -0.1) is 0 Å². The summed E-state index contributed by atoms with van der Waals surface area (Å²) in [5.41, 5.74) is 1.10. The predicted octanol–water partition coefficient (Wildman–Crippen LogP) is 1.96. The molecule has 1 atom stereocenters. The summed E-state index contributed by atoms with van der Waals surface area (Å²) in [5, 5.41) is 3.28. The van der Waals surface area contributed by atoms with Gasteiger partial charge in [0.2, 0.25) is 0 Å². The van der Waals surface area contributed by atoms with Crippen LogP contribution < -0.4 is 5.32 Å². The summed E-state index contributed by atoms with van der Waals surface area (Å²) in [6, 6.07) is 9.91. The van der Waals surface area contributed by atoms with Crippen LogP contribution in [0.5, 0.6) is 0 Å². The molecule has 0 radical (unpaired) electrons. The number of carbonyl (C=O) groups excluding carboxylic acids is 1. The highest BCUT2D eigenvalue weighted by Crippen LogP contribution is 2.24. The molecule has 1 aliphatic heterocycles. The van der Waals surface area contributed by atoms with E-state index in [1.807, 2.05) is 30.3 Å². The van der Waals surface area contributed by atoms with Crippen molar-refractivity contribution in [1.82, 2.24) is 10.2 Å². The molecule has 92 valence electrons.